The molecule has 0 saturated heterocycles. The number of hydrazine groups is 1. The summed E-state index contributed by atoms with van der Waals surface area (Å²) in [4.78, 5) is 19.0. The van der Waals surface area contributed by atoms with Crippen LogP contribution >= 0.6 is 23.2 Å². The van der Waals surface area contributed by atoms with Crippen molar-refractivity contribution in [2.45, 2.75) is 0 Å². The highest BCUT2D eigenvalue weighted by Crippen LogP contribution is 2.15. The van der Waals surface area contributed by atoms with Gasteiger partial charge in [-0.05, 0) is 24.3 Å². The van der Waals surface area contributed by atoms with Crippen LogP contribution in [0.15, 0.2) is 36.7 Å². The van der Waals surface area contributed by atoms with Gasteiger partial charge in [-0.1, -0.05) is 23.2 Å². The molecule has 0 atom stereocenters. The maximum atomic E-state index is 11.0. The Bertz CT molecular complexity index is 530. The average Bonchev–Trinajstić information content (AvgIpc) is 2.39. The highest BCUT2D eigenvalue weighted by molar-refractivity contribution is 6.30. The lowest BCUT2D eigenvalue weighted by atomic mass is 10.4. The number of rotatable bonds is 4. The van der Waals surface area contributed by atoms with Gasteiger partial charge in [0, 0.05) is 12.4 Å². The first-order valence-corrected chi connectivity index (χ1v) is 5.69. The second-order valence-electron chi connectivity index (χ2n) is 3.28. The van der Waals surface area contributed by atoms with Crippen LogP contribution in [0.1, 0.15) is 0 Å². The molecule has 0 aliphatic heterocycles. The molecule has 2 aromatic rings. The molecule has 92 valence electrons. The predicted molar refractivity (Wildman–Crippen MR) is 70.7 cm³/mol. The quantitative estimate of drug-likeness (QED) is 0.692. The lowest BCUT2D eigenvalue weighted by Crippen LogP contribution is -2.29. The first kappa shape index (κ1) is 12.6. The van der Waals surface area contributed by atoms with Gasteiger partial charge in [0.05, 0.1) is 10.0 Å². The summed E-state index contributed by atoms with van der Waals surface area (Å²) in [7, 11) is 0. The van der Waals surface area contributed by atoms with Crippen LogP contribution in [0.5, 0.6) is 0 Å². The van der Waals surface area contributed by atoms with Crippen LogP contribution in [0.25, 0.3) is 0 Å². The van der Waals surface area contributed by atoms with Crippen molar-refractivity contribution in [1.82, 2.24) is 9.97 Å². The van der Waals surface area contributed by atoms with Crippen molar-refractivity contribution in [3.8, 4) is 0 Å². The summed E-state index contributed by atoms with van der Waals surface area (Å²) in [5, 5.41) is 2.20. The van der Waals surface area contributed by atoms with Crippen molar-refractivity contribution >= 4 is 41.2 Å². The maximum absolute atomic E-state index is 11.0. The second kappa shape index (κ2) is 5.66. The van der Waals surface area contributed by atoms with E-state index in [0.29, 0.717) is 28.1 Å². The van der Waals surface area contributed by atoms with Crippen LogP contribution in [-0.4, -0.2) is 16.4 Å². The Morgan fingerprint density at radius 1 is 1.06 bits per heavy atom. The lowest BCUT2D eigenvalue weighted by molar-refractivity contribution is -0.107. The Morgan fingerprint density at radius 2 is 1.72 bits per heavy atom. The van der Waals surface area contributed by atoms with Gasteiger partial charge in [0.1, 0.15) is 5.82 Å². The molecule has 0 unspecified atom stereocenters. The van der Waals surface area contributed by atoms with E-state index in [4.69, 9.17) is 23.2 Å². The van der Waals surface area contributed by atoms with Gasteiger partial charge in [-0.15, -0.1) is 0 Å². The van der Waals surface area contributed by atoms with Crippen molar-refractivity contribution in [3.05, 3.63) is 46.7 Å². The number of pyridine rings is 2. The van der Waals surface area contributed by atoms with Crippen LogP contribution < -0.4 is 10.4 Å². The molecule has 0 bridgehead atoms. The van der Waals surface area contributed by atoms with E-state index in [0.717, 1.165) is 0 Å². The van der Waals surface area contributed by atoms with E-state index in [1.165, 1.54) is 17.4 Å². The number of aromatic nitrogens is 2. The fourth-order valence-electron chi connectivity index (χ4n) is 1.21. The molecule has 0 fully saturated rings. The third-order valence-electron chi connectivity index (χ3n) is 2.03. The Morgan fingerprint density at radius 3 is 2.22 bits per heavy atom. The summed E-state index contributed by atoms with van der Waals surface area (Å²) < 4.78 is 0. The van der Waals surface area contributed by atoms with E-state index >= 15 is 0 Å². The number of amides is 1. The number of hydrogen-bond acceptors (Lipinski definition) is 4. The SMILES string of the molecule is O=CN(Nc1ccc(Cl)cn1)c1ccc(Cl)cn1. The van der Waals surface area contributed by atoms with Crippen molar-refractivity contribution in [2.75, 3.05) is 10.4 Å². The molecule has 0 aliphatic carbocycles. The van der Waals surface area contributed by atoms with Crippen LogP contribution in [0.2, 0.25) is 10.0 Å². The number of carbonyl (C=O) groups is 1. The van der Waals surface area contributed by atoms with Crippen LogP contribution in [-0.2, 0) is 4.79 Å². The van der Waals surface area contributed by atoms with E-state index in [2.05, 4.69) is 15.4 Å². The number of carbonyl (C=O) groups excluding carboxylic acids is 1. The van der Waals surface area contributed by atoms with Gasteiger partial charge in [0.25, 0.3) is 0 Å². The number of anilines is 2. The van der Waals surface area contributed by atoms with Gasteiger partial charge < -0.3 is 0 Å². The number of nitrogens with one attached hydrogen (secondary N) is 1. The largest absolute Gasteiger partial charge is 0.276 e. The summed E-state index contributed by atoms with van der Waals surface area (Å²) >= 11 is 11.4. The molecule has 2 aromatic heterocycles. The third kappa shape index (κ3) is 3.09. The number of hydrogen-bond donors (Lipinski definition) is 1. The summed E-state index contributed by atoms with van der Waals surface area (Å²) in [6.07, 6.45) is 3.51. The van der Waals surface area contributed by atoms with Gasteiger partial charge in [0.15, 0.2) is 5.82 Å². The van der Waals surface area contributed by atoms with Crippen LogP contribution in [0.3, 0.4) is 0 Å². The molecule has 18 heavy (non-hydrogen) atoms. The van der Waals surface area contributed by atoms with Crippen LogP contribution in [0.4, 0.5) is 11.6 Å². The highest BCUT2D eigenvalue weighted by Gasteiger charge is 2.07. The molecule has 0 spiro atoms. The van der Waals surface area contributed by atoms with Gasteiger partial charge in [0.2, 0.25) is 6.41 Å². The molecule has 0 aliphatic rings. The van der Waals surface area contributed by atoms with Gasteiger partial charge in [-0.3, -0.25) is 10.2 Å². The maximum Gasteiger partial charge on any atom is 0.234 e. The smallest absolute Gasteiger partial charge is 0.234 e. The zero-order valence-electron chi connectivity index (χ0n) is 9.05. The third-order valence-corrected chi connectivity index (χ3v) is 2.47. The van der Waals surface area contributed by atoms with Crippen molar-refractivity contribution in [3.63, 3.8) is 0 Å². The first-order valence-electron chi connectivity index (χ1n) is 4.93. The Labute approximate surface area is 113 Å². The summed E-state index contributed by atoms with van der Waals surface area (Å²) in [5.74, 6) is 0.884. The second-order valence-corrected chi connectivity index (χ2v) is 4.16. The standard InChI is InChI=1S/C11H8Cl2N4O/c12-8-1-3-10(14-5-8)16-17(7-18)11-4-2-9(13)6-15-11/h1-7H,(H,14,16). The van der Waals surface area contributed by atoms with Gasteiger partial charge >= 0.3 is 0 Å². The van der Waals surface area contributed by atoms with E-state index < -0.39 is 0 Å². The number of halogens is 2. The van der Waals surface area contributed by atoms with Crippen molar-refractivity contribution in [1.29, 1.82) is 0 Å². The number of nitrogens with zero attached hydrogens (tertiary/aromatic N) is 3. The zero-order chi connectivity index (χ0) is 13.0. The molecule has 0 saturated carbocycles. The molecule has 1 amide bonds. The summed E-state index contributed by atoms with van der Waals surface area (Å²) in [6.45, 7) is 0. The normalized spacial score (nSPS) is 9.89. The minimum Gasteiger partial charge on any atom is -0.276 e. The Kier molecular flexibility index (Phi) is 3.96. The molecule has 7 heteroatoms. The van der Waals surface area contributed by atoms with E-state index in [9.17, 15) is 4.79 Å². The van der Waals surface area contributed by atoms with Crippen molar-refractivity contribution < 1.29 is 4.79 Å². The average molecular weight is 283 g/mol. The monoisotopic (exact) mass is 282 g/mol. The minimum absolute atomic E-state index is 0.408. The molecule has 0 aromatic carbocycles. The van der Waals surface area contributed by atoms with Crippen LogP contribution in [0, 0.1) is 0 Å². The molecule has 0 radical (unpaired) electrons. The molecule has 2 heterocycles. The highest BCUT2D eigenvalue weighted by atomic mass is 35.5. The fraction of sp³-hybridized carbons (Fsp3) is 0. The first-order chi connectivity index (χ1) is 8.69. The zero-order valence-corrected chi connectivity index (χ0v) is 10.6. The topological polar surface area (TPSA) is 58.1 Å². The van der Waals surface area contributed by atoms with Crippen molar-refractivity contribution in [2.24, 2.45) is 0 Å². The lowest BCUT2D eigenvalue weighted by Gasteiger charge is -2.17. The Hall–Kier alpha value is -1.85. The molecular formula is C11H8Cl2N4O. The Balaban J connectivity index is 2.16. The van der Waals surface area contributed by atoms with E-state index in [1.807, 2.05) is 0 Å². The molecule has 1 N–H and O–H groups in total. The molecular weight excluding hydrogens is 275 g/mol. The predicted octanol–water partition coefficient (Wildman–Crippen LogP) is 2.77. The molecule has 5 nitrogen and oxygen atoms in total. The minimum atomic E-state index is 0.408. The fourth-order valence-corrected chi connectivity index (χ4v) is 1.44. The summed E-state index contributed by atoms with van der Waals surface area (Å²) in [6, 6.07) is 6.56. The van der Waals surface area contributed by atoms with E-state index in [-0.39, 0.29) is 0 Å². The van der Waals surface area contributed by atoms with E-state index in [1.54, 1.807) is 24.3 Å². The van der Waals surface area contributed by atoms with Gasteiger partial charge in [-0.25, -0.2) is 15.0 Å². The summed E-state index contributed by atoms with van der Waals surface area (Å²) in [5.41, 5.74) is 2.78. The van der Waals surface area contributed by atoms with Gasteiger partial charge in [-0.2, -0.15) is 0 Å². The molecule has 2 rings (SSSR count).